The van der Waals surface area contributed by atoms with E-state index in [2.05, 4.69) is 9.71 Å². The van der Waals surface area contributed by atoms with Gasteiger partial charge in [-0.25, -0.2) is 13.1 Å². The molecular formula is C14H19N3O3S. The van der Waals surface area contributed by atoms with Crippen molar-refractivity contribution in [1.82, 2.24) is 14.3 Å². The summed E-state index contributed by atoms with van der Waals surface area (Å²) >= 11 is 0. The highest BCUT2D eigenvalue weighted by Gasteiger charge is 2.17. The predicted octanol–water partition coefficient (Wildman–Crippen LogP) is 0.953. The van der Waals surface area contributed by atoms with E-state index in [0.717, 1.165) is 17.7 Å². The minimum Gasteiger partial charge on any atom is -0.390 e. The molecule has 0 aliphatic carbocycles. The average molecular weight is 309 g/mol. The fourth-order valence-corrected chi connectivity index (χ4v) is 3.16. The van der Waals surface area contributed by atoms with Gasteiger partial charge in [-0.15, -0.1) is 0 Å². The van der Waals surface area contributed by atoms with E-state index in [1.165, 1.54) is 12.3 Å². The molecule has 0 aromatic carbocycles. The van der Waals surface area contributed by atoms with Crippen LogP contribution in [0.25, 0.3) is 0 Å². The van der Waals surface area contributed by atoms with Gasteiger partial charge in [0.15, 0.2) is 0 Å². The molecule has 2 aromatic heterocycles. The number of pyridine rings is 1. The van der Waals surface area contributed by atoms with Crippen LogP contribution in [-0.4, -0.2) is 23.1 Å². The number of hydrogen-bond donors (Lipinski definition) is 2. The number of rotatable bonds is 6. The molecule has 7 heteroatoms. The number of aliphatic hydroxyl groups is 1. The summed E-state index contributed by atoms with van der Waals surface area (Å²) in [7, 11) is -1.92. The maximum absolute atomic E-state index is 12.3. The van der Waals surface area contributed by atoms with Crippen LogP contribution < -0.4 is 4.72 Å². The molecule has 0 radical (unpaired) electrons. The monoisotopic (exact) mass is 309 g/mol. The Morgan fingerprint density at radius 2 is 2.19 bits per heavy atom. The number of hydrogen-bond acceptors (Lipinski definition) is 4. The molecule has 0 atom stereocenters. The van der Waals surface area contributed by atoms with Crippen molar-refractivity contribution >= 4 is 10.0 Å². The molecule has 0 spiro atoms. The van der Waals surface area contributed by atoms with Gasteiger partial charge in [-0.05, 0) is 24.1 Å². The second-order valence-corrected chi connectivity index (χ2v) is 6.49. The first-order chi connectivity index (χ1) is 9.97. The van der Waals surface area contributed by atoms with Gasteiger partial charge in [-0.2, -0.15) is 0 Å². The minimum absolute atomic E-state index is 0.142. The zero-order valence-electron chi connectivity index (χ0n) is 12.1. The van der Waals surface area contributed by atoms with Gasteiger partial charge in [0.2, 0.25) is 10.0 Å². The fraction of sp³-hybridized carbons (Fsp3) is 0.357. The maximum atomic E-state index is 12.3. The zero-order chi connectivity index (χ0) is 15.5. The van der Waals surface area contributed by atoms with Crippen molar-refractivity contribution in [2.24, 2.45) is 7.05 Å². The van der Waals surface area contributed by atoms with Gasteiger partial charge in [0.25, 0.3) is 0 Å². The lowest BCUT2D eigenvalue weighted by Crippen LogP contribution is -2.24. The van der Waals surface area contributed by atoms with Crippen LogP contribution in [0.5, 0.6) is 0 Å². The summed E-state index contributed by atoms with van der Waals surface area (Å²) in [5.41, 5.74) is 2.29. The van der Waals surface area contributed by atoms with Crippen molar-refractivity contribution in [2.45, 2.75) is 31.4 Å². The van der Waals surface area contributed by atoms with E-state index in [0.29, 0.717) is 5.69 Å². The van der Waals surface area contributed by atoms with Crippen LogP contribution in [0.4, 0.5) is 0 Å². The summed E-state index contributed by atoms with van der Waals surface area (Å²) in [5, 5.41) is 9.13. The third kappa shape index (κ3) is 3.49. The Kier molecular flexibility index (Phi) is 4.76. The molecule has 0 aliphatic heterocycles. The second kappa shape index (κ2) is 6.38. The lowest BCUT2D eigenvalue weighted by Gasteiger charge is -2.08. The normalized spacial score (nSPS) is 11.8. The van der Waals surface area contributed by atoms with E-state index >= 15 is 0 Å². The van der Waals surface area contributed by atoms with Crippen molar-refractivity contribution in [3.8, 4) is 0 Å². The zero-order valence-corrected chi connectivity index (χ0v) is 12.9. The SMILES string of the molecule is CCc1cccnc1CNS(=O)(=O)c1cc(CO)n(C)c1. The molecule has 0 unspecified atom stereocenters. The van der Waals surface area contributed by atoms with Gasteiger partial charge < -0.3 is 9.67 Å². The summed E-state index contributed by atoms with van der Waals surface area (Å²) in [6, 6.07) is 5.23. The first-order valence-corrected chi connectivity index (χ1v) is 8.14. The van der Waals surface area contributed by atoms with Crippen LogP contribution in [0.15, 0.2) is 35.5 Å². The van der Waals surface area contributed by atoms with E-state index < -0.39 is 10.0 Å². The standard InChI is InChI=1S/C14H19N3O3S/c1-3-11-5-4-6-15-14(11)8-16-21(19,20)13-7-12(10-18)17(2)9-13/h4-7,9,16,18H,3,8,10H2,1-2H3. The van der Waals surface area contributed by atoms with Crippen LogP contribution in [0.2, 0.25) is 0 Å². The summed E-state index contributed by atoms with van der Waals surface area (Å²) in [6.45, 7) is 1.95. The molecule has 0 bridgehead atoms. The van der Waals surface area contributed by atoms with Crippen molar-refractivity contribution in [1.29, 1.82) is 0 Å². The van der Waals surface area contributed by atoms with Gasteiger partial charge in [0.05, 0.1) is 23.7 Å². The predicted molar refractivity (Wildman–Crippen MR) is 79.0 cm³/mol. The number of aliphatic hydroxyl groups excluding tert-OH is 1. The van der Waals surface area contributed by atoms with Gasteiger partial charge in [-0.3, -0.25) is 4.98 Å². The number of sulfonamides is 1. The molecule has 21 heavy (non-hydrogen) atoms. The quantitative estimate of drug-likeness (QED) is 0.832. The van der Waals surface area contributed by atoms with Crippen LogP contribution in [0.1, 0.15) is 23.9 Å². The van der Waals surface area contributed by atoms with Crippen LogP contribution in [0, 0.1) is 0 Å². The largest absolute Gasteiger partial charge is 0.390 e. The molecule has 2 heterocycles. The van der Waals surface area contributed by atoms with E-state index in [9.17, 15) is 8.42 Å². The van der Waals surface area contributed by atoms with Gasteiger partial charge in [0.1, 0.15) is 0 Å². The van der Waals surface area contributed by atoms with E-state index in [-0.39, 0.29) is 18.0 Å². The number of aromatic nitrogens is 2. The summed E-state index contributed by atoms with van der Waals surface area (Å²) in [6.07, 6.45) is 3.92. The van der Waals surface area contributed by atoms with E-state index in [1.54, 1.807) is 17.8 Å². The highest BCUT2D eigenvalue weighted by Crippen LogP contribution is 2.14. The minimum atomic E-state index is -3.62. The molecule has 6 nitrogen and oxygen atoms in total. The molecule has 2 aromatic rings. The molecule has 0 saturated carbocycles. The molecular weight excluding hydrogens is 290 g/mol. The Bertz CT molecular complexity index is 723. The summed E-state index contributed by atoms with van der Waals surface area (Å²) in [4.78, 5) is 4.35. The fourth-order valence-electron chi connectivity index (χ4n) is 2.08. The first-order valence-electron chi connectivity index (χ1n) is 6.66. The molecule has 0 saturated heterocycles. The Hall–Kier alpha value is -1.70. The average Bonchev–Trinajstić information content (AvgIpc) is 2.87. The van der Waals surface area contributed by atoms with Gasteiger partial charge >= 0.3 is 0 Å². The van der Waals surface area contributed by atoms with Gasteiger partial charge in [-0.1, -0.05) is 13.0 Å². The van der Waals surface area contributed by atoms with Crippen molar-refractivity contribution in [2.75, 3.05) is 0 Å². The van der Waals surface area contributed by atoms with E-state index in [1.807, 2.05) is 19.1 Å². The number of aryl methyl sites for hydroxylation is 2. The van der Waals surface area contributed by atoms with E-state index in [4.69, 9.17) is 5.11 Å². The second-order valence-electron chi connectivity index (χ2n) is 4.72. The number of nitrogens with one attached hydrogen (secondary N) is 1. The smallest absolute Gasteiger partial charge is 0.242 e. The molecule has 0 fully saturated rings. The van der Waals surface area contributed by atoms with Crippen molar-refractivity contribution in [3.05, 3.63) is 47.5 Å². The molecule has 2 N–H and O–H groups in total. The Labute approximate surface area is 124 Å². The molecule has 0 aliphatic rings. The lowest BCUT2D eigenvalue weighted by atomic mass is 10.1. The Morgan fingerprint density at radius 1 is 1.43 bits per heavy atom. The molecule has 2 rings (SSSR count). The van der Waals surface area contributed by atoms with Crippen molar-refractivity contribution < 1.29 is 13.5 Å². The van der Waals surface area contributed by atoms with Crippen molar-refractivity contribution in [3.63, 3.8) is 0 Å². The van der Waals surface area contributed by atoms with Gasteiger partial charge in [0, 0.05) is 25.1 Å². The number of nitrogens with zero attached hydrogens (tertiary/aromatic N) is 2. The highest BCUT2D eigenvalue weighted by atomic mass is 32.2. The Morgan fingerprint density at radius 3 is 2.81 bits per heavy atom. The molecule has 0 amide bonds. The van der Waals surface area contributed by atoms with Crippen LogP contribution >= 0.6 is 0 Å². The summed E-state index contributed by atoms with van der Waals surface area (Å²) < 4.78 is 28.6. The Balaban J connectivity index is 2.17. The first kappa shape index (κ1) is 15.7. The summed E-state index contributed by atoms with van der Waals surface area (Å²) in [5.74, 6) is 0. The lowest BCUT2D eigenvalue weighted by molar-refractivity contribution is 0.272. The molecule has 114 valence electrons. The third-order valence-corrected chi connectivity index (χ3v) is 4.72. The topological polar surface area (TPSA) is 84.2 Å². The van der Waals surface area contributed by atoms with Crippen LogP contribution in [-0.2, 0) is 36.6 Å². The maximum Gasteiger partial charge on any atom is 0.242 e. The third-order valence-electron chi connectivity index (χ3n) is 3.35. The van der Waals surface area contributed by atoms with Crippen LogP contribution in [0.3, 0.4) is 0 Å². The highest BCUT2D eigenvalue weighted by molar-refractivity contribution is 7.89.